The maximum absolute atomic E-state index is 13.0. The number of ether oxygens (including phenoxy) is 1. The van der Waals surface area contributed by atoms with E-state index in [2.05, 4.69) is 24.3 Å². The van der Waals surface area contributed by atoms with Gasteiger partial charge in [0.1, 0.15) is 0 Å². The molecule has 24 heavy (non-hydrogen) atoms. The molecule has 3 rings (SSSR count). The van der Waals surface area contributed by atoms with Crippen molar-refractivity contribution in [1.29, 1.82) is 0 Å². The van der Waals surface area contributed by atoms with E-state index in [0.29, 0.717) is 0 Å². The first-order valence-corrected chi connectivity index (χ1v) is 8.69. The normalized spacial score (nSPS) is 20.4. The van der Waals surface area contributed by atoms with E-state index in [4.69, 9.17) is 4.74 Å². The minimum atomic E-state index is -0.0221. The fourth-order valence-electron chi connectivity index (χ4n) is 3.52. The number of allylic oxidation sites excluding steroid dienone is 1. The first-order valence-electron chi connectivity index (χ1n) is 8.69. The molecule has 1 saturated carbocycles. The van der Waals surface area contributed by atoms with Crippen LogP contribution in [0.5, 0.6) is 0 Å². The van der Waals surface area contributed by atoms with Gasteiger partial charge in [0.2, 0.25) is 0 Å². The van der Waals surface area contributed by atoms with Crippen molar-refractivity contribution in [2.24, 2.45) is 5.92 Å². The summed E-state index contributed by atoms with van der Waals surface area (Å²) in [6.07, 6.45) is 6.03. The van der Waals surface area contributed by atoms with Crippen molar-refractivity contribution in [2.75, 3.05) is 7.11 Å². The van der Waals surface area contributed by atoms with Crippen molar-refractivity contribution in [1.82, 2.24) is 0 Å². The lowest BCUT2D eigenvalue weighted by Crippen LogP contribution is -2.32. The number of ketones is 1. The Bertz CT molecular complexity index is 647. The highest BCUT2D eigenvalue weighted by atomic mass is 16.5. The van der Waals surface area contributed by atoms with Crippen molar-refractivity contribution >= 4 is 11.4 Å². The molecule has 0 amide bonds. The fraction of sp³-hybridized carbons (Fsp3) is 0.318. The van der Waals surface area contributed by atoms with Crippen molar-refractivity contribution in [3.05, 3.63) is 77.9 Å². The Morgan fingerprint density at radius 2 is 1.46 bits per heavy atom. The van der Waals surface area contributed by atoms with Crippen LogP contribution in [-0.2, 0) is 9.53 Å². The molecule has 0 aliphatic heterocycles. The SMILES string of the molecule is CO[C@@H]1CCCC[C@H]1C(=O)C=C(c1ccccc1)c1ccccc1. The minimum Gasteiger partial charge on any atom is -0.381 e. The highest BCUT2D eigenvalue weighted by Crippen LogP contribution is 2.30. The molecule has 1 aliphatic carbocycles. The molecule has 0 unspecified atom stereocenters. The van der Waals surface area contributed by atoms with Gasteiger partial charge in [-0.25, -0.2) is 0 Å². The van der Waals surface area contributed by atoms with Crippen molar-refractivity contribution in [3.63, 3.8) is 0 Å². The molecular formula is C22H24O2. The van der Waals surface area contributed by atoms with E-state index in [0.717, 1.165) is 42.4 Å². The lowest BCUT2D eigenvalue weighted by atomic mass is 9.82. The maximum atomic E-state index is 13.0. The molecule has 1 fully saturated rings. The summed E-state index contributed by atoms with van der Waals surface area (Å²) < 4.78 is 5.57. The Kier molecular flexibility index (Phi) is 5.60. The van der Waals surface area contributed by atoms with Gasteiger partial charge in [-0.1, -0.05) is 73.5 Å². The van der Waals surface area contributed by atoms with Gasteiger partial charge in [0, 0.05) is 13.0 Å². The van der Waals surface area contributed by atoms with Crippen LogP contribution < -0.4 is 0 Å². The summed E-state index contributed by atoms with van der Waals surface area (Å²) >= 11 is 0. The van der Waals surface area contributed by atoms with Crippen LogP contribution in [0.4, 0.5) is 0 Å². The average Bonchev–Trinajstić information content (AvgIpc) is 2.67. The first-order chi connectivity index (χ1) is 11.8. The second kappa shape index (κ2) is 8.07. The topological polar surface area (TPSA) is 26.3 Å². The second-order valence-corrected chi connectivity index (χ2v) is 6.36. The van der Waals surface area contributed by atoms with Gasteiger partial charge in [0.15, 0.2) is 5.78 Å². The van der Waals surface area contributed by atoms with Gasteiger partial charge in [-0.2, -0.15) is 0 Å². The third kappa shape index (κ3) is 3.82. The number of carbonyl (C=O) groups is 1. The molecule has 2 nitrogen and oxygen atoms in total. The van der Waals surface area contributed by atoms with E-state index in [9.17, 15) is 4.79 Å². The molecule has 2 atom stereocenters. The molecule has 124 valence electrons. The van der Waals surface area contributed by atoms with Gasteiger partial charge in [0.05, 0.1) is 6.10 Å². The molecular weight excluding hydrogens is 296 g/mol. The second-order valence-electron chi connectivity index (χ2n) is 6.36. The summed E-state index contributed by atoms with van der Waals surface area (Å²) in [5, 5.41) is 0. The highest BCUT2D eigenvalue weighted by Gasteiger charge is 2.30. The summed E-state index contributed by atoms with van der Waals surface area (Å²) in [6.45, 7) is 0. The minimum absolute atomic E-state index is 0.0221. The molecule has 1 aliphatic rings. The number of rotatable bonds is 5. The summed E-state index contributed by atoms with van der Waals surface area (Å²) in [7, 11) is 1.72. The van der Waals surface area contributed by atoms with E-state index in [1.54, 1.807) is 7.11 Å². The lowest BCUT2D eigenvalue weighted by molar-refractivity contribution is -0.124. The summed E-state index contributed by atoms with van der Waals surface area (Å²) in [4.78, 5) is 13.0. The maximum Gasteiger partial charge on any atom is 0.161 e. The smallest absolute Gasteiger partial charge is 0.161 e. The molecule has 2 aromatic carbocycles. The van der Waals surface area contributed by atoms with Crippen LogP contribution in [0.2, 0.25) is 0 Å². The number of benzene rings is 2. The van der Waals surface area contributed by atoms with Crippen molar-refractivity contribution < 1.29 is 9.53 Å². The number of hydrogen-bond acceptors (Lipinski definition) is 2. The Balaban J connectivity index is 1.96. The quantitative estimate of drug-likeness (QED) is 0.733. The predicted molar refractivity (Wildman–Crippen MR) is 97.7 cm³/mol. The van der Waals surface area contributed by atoms with Gasteiger partial charge in [-0.05, 0) is 35.6 Å². The molecule has 0 aromatic heterocycles. The predicted octanol–water partition coefficient (Wildman–Crippen LogP) is 4.89. The van der Waals surface area contributed by atoms with Crippen LogP contribution in [0.15, 0.2) is 66.7 Å². The Labute approximate surface area is 144 Å². The van der Waals surface area contributed by atoms with Gasteiger partial charge in [-0.3, -0.25) is 4.79 Å². The van der Waals surface area contributed by atoms with Crippen LogP contribution >= 0.6 is 0 Å². The molecule has 2 aromatic rings. The van der Waals surface area contributed by atoms with Crippen LogP contribution in [0, 0.1) is 5.92 Å². The molecule has 0 saturated heterocycles. The summed E-state index contributed by atoms with van der Waals surface area (Å²) in [6, 6.07) is 20.3. The van der Waals surface area contributed by atoms with E-state index in [-0.39, 0.29) is 17.8 Å². The van der Waals surface area contributed by atoms with Crippen LogP contribution in [0.3, 0.4) is 0 Å². The van der Waals surface area contributed by atoms with E-state index < -0.39 is 0 Å². The first kappa shape index (κ1) is 16.7. The molecule has 0 heterocycles. The Hall–Kier alpha value is -2.19. The number of methoxy groups -OCH3 is 1. The Morgan fingerprint density at radius 3 is 2.00 bits per heavy atom. The van der Waals surface area contributed by atoms with Crippen LogP contribution in [-0.4, -0.2) is 19.0 Å². The van der Waals surface area contributed by atoms with Gasteiger partial charge in [0.25, 0.3) is 0 Å². The van der Waals surface area contributed by atoms with Crippen molar-refractivity contribution in [2.45, 2.75) is 31.8 Å². The highest BCUT2D eigenvalue weighted by molar-refractivity contribution is 6.01. The number of carbonyl (C=O) groups excluding carboxylic acids is 1. The van der Waals surface area contributed by atoms with E-state index in [1.807, 2.05) is 42.5 Å². The third-order valence-corrected chi connectivity index (χ3v) is 4.83. The monoisotopic (exact) mass is 320 g/mol. The van der Waals surface area contributed by atoms with Crippen LogP contribution in [0.1, 0.15) is 36.8 Å². The number of hydrogen-bond donors (Lipinski definition) is 0. The van der Waals surface area contributed by atoms with E-state index in [1.165, 1.54) is 0 Å². The molecule has 0 radical (unpaired) electrons. The summed E-state index contributed by atoms with van der Waals surface area (Å²) in [5.74, 6) is 0.162. The van der Waals surface area contributed by atoms with Crippen LogP contribution in [0.25, 0.3) is 5.57 Å². The third-order valence-electron chi connectivity index (χ3n) is 4.83. The van der Waals surface area contributed by atoms with E-state index >= 15 is 0 Å². The lowest BCUT2D eigenvalue weighted by Gasteiger charge is -2.28. The zero-order valence-electron chi connectivity index (χ0n) is 14.2. The van der Waals surface area contributed by atoms with Crippen molar-refractivity contribution in [3.8, 4) is 0 Å². The molecule has 0 N–H and O–H groups in total. The average molecular weight is 320 g/mol. The summed E-state index contributed by atoms with van der Waals surface area (Å²) in [5.41, 5.74) is 3.13. The molecule has 0 bridgehead atoms. The molecule has 0 spiro atoms. The zero-order valence-corrected chi connectivity index (χ0v) is 14.2. The molecule has 2 heteroatoms. The largest absolute Gasteiger partial charge is 0.381 e. The standard InChI is InChI=1S/C22H24O2/c1-24-22-15-9-8-14-19(22)21(23)16-20(17-10-4-2-5-11-17)18-12-6-3-7-13-18/h2-7,10-13,16,19,22H,8-9,14-15H2,1H3/t19-,22+/m0/s1. The zero-order chi connectivity index (χ0) is 16.8. The van der Waals surface area contributed by atoms with Gasteiger partial charge >= 0.3 is 0 Å². The van der Waals surface area contributed by atoms with Gasteiger partial charge < -0.3 is 4.74 Å². The fourth-order valence-corrected chi connectivity index (χ4v) is 3.52. The Morgan fingerprint density at radius 1 is 0.917 bits per heavy atom. The van der Waals surface area contributed by atoms with Gasteiger partial charge in [-0.15, -0.1) is 0 Å².